The van der Waals surface area contributed by atoms with Crippen molar-refractivity contribution in [3.63, 3.8) is 0 Å². The molecule has 5 nitrogen and oxygen atoms in total. The van der Waals surface area contributed by atoms with Gasteiger partial charge in [0.1, 0.15) is 5.69 Å². The summed E-state index contributed by atoms with van der Waals surface area (Å²) in [5.41, 5.74) is 1.74. The summed E-state index contributed by atoms with van der Waals surface area (Å²) in [5.74, 6) is -1.32. The molecule has 1 fully saturated rings. The maximum absolute atomic E-state index is 10.7. The Balaban J connectivity index is 1.87. The molecule has 1 saturated carbocycles. The van der Waals surface area contributed by atoms with Gasteiger partial charge < -0.3 is 14.7 Å². The quantitative estimate of drug-likeness (QED) is 0.878. The Bertz CT molecular complexity index is 628. The topological polar surface area (TPSA) is 83.6 Å². The van der Waals surface area contributed by atoms with Crippen molar-refractivity contribution in [3.05, 3.63) is 41.7 Å². The molecule has 0 unspecified atom stereocenters. The fourth-order valence-electron chi connectivity index (χ4n) is 2.05. The van der Waals surface area contributed by atoms with E-state index < -0.39 is 11.6 Å². The van der Waals surface area contributed by atoms with E-state index in [0.29, 0.717) is 12.1 Å². The van der Waals surface area contributed by atoms with Crippen LogP contribution < -0.4 is 0 Å². The van der Waals surface area contributed by atoms with E-state index in [4.69, 9.17) is 9.63 Å². The van der Waals surface area contributed by atoms with E-state index in [1.807, 2.05) is 24.3 Å². The first-order valence-electron chi connectivity index (χ1n) is 6.07. The monoisotopic (exact) mass is 259 g/mol. The van der Waals surface area contributed by atoms with E-state index in [1.54, 1.807) is 0 Å². The third-order valence-corrected chi connectivity index (χ3v) is 3.30. The van der Waals surface area contributed by atoms with Crippen LogP contribution in [-0.4, -0.2) is 26.9 Å². The minimum absolute atomic E-state index is 0.179. The van der Waals surface area contributed by atoms with Crippen LogP contribution in [0.25, 0.3) is 11.3 Å². The van der Waals surface area contributed by atoms with E-state index in [9.17, 15) is 9.90 Å². The summed E-state index contributed by atoms with van der Waals surface area (Å²) in [4.78, 5) is 10.7. The zero-order chi connectivity index (χ0) is 13.5. The maximum atomic E-state index is 10.7. The van der Waals surface area contributed by atoms with E-state index in [2.05, 4.69) is 5.16 Å². The van der Waals surface area contributed by atoms with Gasteiger partial charge in [-0.15, -0.1) is 0 Å². The van der Waals surface area contributed by atoms with Crippen molar-refractivity contribution in [2.24, 2.45) is 0 Å². The molecule has 0 spiro atoms. The standard InChI is InChI=1S/C14H13NO4/c16-13(17)12-7-11(15-19-12)10-3-1-2-9(6-10)8-14(18)4-5-14/h1-3,6-7,18H,4-5,8H2,(H,16,17). The molecule has 3 rings (SSSR count). The van der Waals surface area contributed by atoms with Crippen molar-refractivity contribution < 1.29 is 19.5 Å². The summed E-state index contributed by atoms with van der Waals surface area (Å²) in [6.07, 6.45) is 2.29. The molecule has 0 saturated heterocycles. The highest BCUT2D eigenvalue weighted by Crippen LogP contribution is 2.38. The third-order valence-electron chi connectivity index (χ3n) is 3.30. The number of carboxylic acids is 1. The van der Waals surface area contributed by atoms with Crippen LogP contribution in [0, 0.1) is 0 Å². The van der Waals surface area contributed by atoms with Crippen molar-refractivity contribution in [1.82, 2.24) is 5.16 Å². The Morgan fingerprint density at radius 2 is 2.16 bits per heavy atom. The van der Waals surface area contributed by atoms with Crippen molar-refractivity contribution >= 4 is 5.97 Å². The van der Waals surface area contributed by atoms with Crippen molar-refractivity contribution in [1.29, 1.82) is 0 Å². The molecule has 0 aliphatic heterocycles. The number of nitrogens with zero attached hydrogens (tertiary/aromatic N) is 1. The molecular weight excluding hydrogens is 246 g/mol. The Labute approximate surface area is 109 Å². The molecule has 2 aromatic rings. The molecule has 0 amide bonds. The summed E-state index contributed by atoms with van der Waals surface area (Å²) >= 11 is 0. The predicted molar refractivity (Wildman–Crippen MR) is 66.8 cm³/mol. The van der Waals surface area contributed by atoms with Crippen LogP contribution in [0.5, 0.6) is 0 Å². The SMILES string of the molecule is O=C(O)c1cc(-c2cccc(CC3(O)CC3)c2)no1. The van der Waals surface area contributed by atoms with E-state index in [-0.39, 0.29) is 5.76 Å². The predicted octanol–water partition coefficient (Wildman–Crippen LogP) is 2.11. The van der Waals surface area contributed by atoms with Gasteiger partial charge in [-0.2, -0.15) is 0 Å². The number of aromatic carboxylic acids is 1. The molecule has 1 aliphatic rings. The summed E-state index contributed by atoms with van der Waals surface area (Å²) in [6, 6.07) is 8.94. The van der Waals surface area contributed by atoms with Crippen molar-refractivity contribution in [3.8, 4) is 11.3 Å². The van der Waals surface area contributed by atoms with Gasteiger partial charge >= 0.3 is 5.97 Å². The average molecular weight is 259 g/mol. The lowest BCUT2D eigenvalue weighted by Gasteiger charge is -2.08. The number of benzene rings is 1. The molecule has 1 heterocycles. The minimum Gasteiger partial charge on any atom is -0.475 e. The molecule has 1 aromatic heterocycles. The summed E-state index contributed by atoms with van der Waals surface area (Å²) in [7, 11) is 0. The molecule has 0 bridgehead atoms. The molecule has 5 heteroatoms. The molecule has 0 atom stereocenters. The van der Waals surface area contributed by atoms with Crippen LogP contribution in [0.15, 0.2) is 34.9 Å². The number of aliphatic hydroxyl groups is 1. The molecule has 19 heavy (non-hydrogen) atoms. The molecule has 0 radical (unpaired) electrons. The summed E-state index contributed by atoms with van der Waals surface area (Å²) in [6.45, 7) is 0. The molecule has 1 aromatic carbocycles. The van der Waals surface area contributed by atoms with Crippen LogP contribution >= 0.6 is 0 Å². The van der Waals surface area contributed by atoms with E-state index in [0.717, 1.165) is 24.0 Å². The fraction of sp³-hybridized carbons (Fsp3) is 0.286. The molecule has 98 valence electrons. The van der Waals surface area contributed by atoms with Crippen LogP contribution in [0.2, 0.25) is 0 Å². The van der Waals surface area contributed by atoms with E-state index in [1.165, 1.54) is 6.07 Å². The lowest BCUT2D eigenvalue weighted by atomic mass is 10.0. The zero-order valence-corrected chi connectivity index (χ0v) is 10.2. The second kappa shape index (κ2) is 4.20. The smallest absolute Gasteiger partial charge is 0.374 e. The van der Waals surface area contributed by atoms with Gasteiger partial charge in [0.2, 0.25) is 5.76 Å². The number of carboxylic acid groups (broad SMARTS) is 1. The second-order valence-electron chi connectivity index (χ2n) is 4.98. The number of carbonyl (C=O) groups is 1. The van der Waals surface area contributed by atoms with E-state index >= 15 is 0 Å². The van der Waals surface area contributed by atoms with Crippen molar-refractivity contribution in [2.45, 2.75) is 24.9 Å². The Kier molecular flexibility index (Phi) is 2.64. The highest BCUT2D eigenvalue weighted by molar-refractivity contribution is 5.85. The number of hydrogen-bond acceptors (Lipinski definition) is 4. The second-order valence-corrected chi connectivity index (χ2v) is 4.98. The normalized spacial score (nSPS) is 16.3. The van der Waals surface area contributed by atoms with Gasteiger partial charge in [-0.25, -0.2) is 4.79 Å². The summed E-state index contributed by atoms with van der Waals surface area (Å²) in [5, 5.41) is 22.4. The fourth-order valence-corrected chi connectivity index (χ4v) is 2.05. The van der Waals surface area contributed by atoms with Crippen LogP contribution in [0.4, 0.5) is 0 Å². The number of aromatic nitrogens is 1. The van der Waals surface area contributed by atoms with Gasteiger partial charge in [-0.3, -0.25) is 0 Å². The summed E-state index contributed by atoms with van der Waals surface area (Å²) < 4.78 is 4.73. The molecule has 1 aliphatic carbocycles. The maximum Gasteiger partial charge on any atom is 0.374 e. The van der Waals surface area contributed by atoms with Gasteiger partial charge in [0.25, 0.3) is 0 Å². The zero-order valence-electron chi connectivity index (χ0n) is 10.2. The average Bonchev–Trinajstić information content (AvgIpc) is 2.93. The number of hydrogen-bond donors (Lipinski definition) is 2. The van der Waals surface area contributed by atoms with Crippen molar-refractivity contribution in [2.75, 3.05) is 0 Å². The molecule has 2 N–H and O–H groups in total. The largest absolute Gasteiger partial charge is 0.475 e. The lowest BCUT2D eigenvalue weighted by Crippen LogP contribution is -2.10. The van der Waals surface area contributed by atoms with Gasteiger partial charge in [-0.1, -0.05) is 23.4 Å². The van der Waals surface area contributed by atoms with Crippen LogP contribution in [-0.2, 0) is 6.42 Å². The Morgan fingerprint density at radius 3 is 2.79 bits per heavy atom. The highest BCUT2D eigenvalue weighted by Gasteiger charge is 2.40. The van der Waals surface area contributed by atoms with Gasteiger partial charge in [0.15, 0.2) is 0 Å². The molecular formula is C14H13NO4. The lowest BCUT2D eigenvalue weighted by molar-refractivity contribution is 0.0652. The van der Waals surface area contributed by atoms with Crippen LogP contribution in [0.3, 0.4) is 0 Å². The van der Waals surface area contributed by atoms with Gasteiger partial charge in [0.05, 0.1) is 5.60 Å². The highest BCUT2D eigenvalue weighted by atomic mass is 16.5. The van der Waals surface area contributed by atoms with Gasteiger partial charge in [0, 0.05) is 18.1 Å². The van der Waals surface area contributed by atoms with Gasteiger partial charge in [-0.05, 0) is 24.5 Å². The third kappa shape index (κ3) is 2.51. The Morgan fingerprint density at radius 1 is 1.37 bits per heavy atom. The minimum atomic E-state index is -1.14. The first-order chi connectivity index (χ1) is 9.06. The Hall–Kier alpha value is -2.14. The first-order valence-corrected chi connectivity index (χ1v) is 6.07. The number of rotatable bonds is 4. The first kappa shape index (κ1) is 11.9. The van der Waals surface area contributed by atoms with Crippen LogP contribution in [0.1, 0.15) is 29.0 Å².